The second-order valence-corrected chi connectivity index (χ2v) is 6.85. The fourth-order valence-electron chi connectivity index (χ4n) is 1.93. The lowest BCUT2D eigenvalue weighted by Crippen LogP contribution is -2.42. The minimum absolute atomic E-state index is 0.184. The Morgan fingerprint density at radius 1 is 1.35 bits per heavy atom. The van der Waals surface area contributed by atoms with Gasteiger partial charge in [0.25, 0.3) is 0 Å². The number of rotatable bonds is 2. The van der Waals surface area contributed by atoms with E-state index in [2.05, 4.69) is 15.9 Å². The van der Waals surface area contributed by atoms with Crippen LogP contribution in [0.2, 0.25) is 0 Å². The van der Waals surface area contributed by atoms with Gasteiger partial charge in [0.05, 0.1) is 11.0 Å². The van der Waals surface area contributed by atoms with Crippen LogP contribution in [-0.4, -0.2) is 37.0 Å². The van der Waals surface area contributed by atoms with Crippen LogP contribution in [-0.2, 0) is 10.0 Å². The van der Waals surface area contributed by atoms with Crippen molar-refractivity contribution in [3.05, 3.63) is 28.7 Å². The molecule has 1 atom stereocenters. The van der Waals surface area contributed by atoms with Crippen molar-refractivity contribution in [3.8, 4) is 0 Å². The summed E-state index contributed by atoms with van der Waals surface area (Å²) in [4.78, 5) is 0.258. The van der Waals surface area contributed by atoms with Crippen molar-refractivity contribution in [1.29, 1.82) is 0 Å². The summed E-state index contributed by atoms with van der Waals surface area (Å²) in [5.74, 6) is 0. The summed E-state index contributed by atoms with van der Waals surface area (Å²) in [5.41, 5.74) is 0. The molecule has 1 heterocycles. The van der Waals surface area contributed by atoms with E-state index in [9.17, 15) is 13.5 Å². The molecule has 2 rings (SSSR count). The third-order valence-corrected chi connectivity index (χ3v) is 5.69. The molecular weight excluding hydrogens is 306 g/mol. The summed E-state index contributed by atoms with van der Waals surface area (Å²) in [6, 6.07) is 6.74. The number of nitrogens with zero attached hydrogens (tertiary/aromatic N) is 1. The van der Waals surface area contributed by atoms with Gasteiger partial charge >= 0.3 is 0 Å². The number of aliphatic hydroxyl groups is 1. The number of piperidine rings is 1. The van der Waals surface area contributed by atoms with Crippen LogP contribution in [0.15, 0.2) is 33.6 Å². The molecule has 0 saturated carbocycles. The molecule has 0 aromatic heterocycles. The molecule has 6 heteroatoms. The zero-order valence-electron chi connectivity index (χ0n) is 9.21. The first-order chi connectivity index (χ1) is 8.01. The van der Waals surface area contributed by atoms with E-state index in [0.29, 0.717) is 23.9 Å². The van der Waals surface area contributed by atoms with E-state index in [1.807, 2.05) is 0 Å². The Bertz CT molecular complexity index is 503. The fourth-order valence-corrected chi connectivity index (χ4v) is 4.41. The van der Waals surface area contributed by atoms with Crippen LogP contribution in [0.5, 0.6) is 0 Å². The van der Waals surface area contributed by atoms with Crippen molar-refractivity contribution in [2.45, 2.75) is 23.8 Å². The van der Waals surface area contributed by atoms with Crippen molar-refractivity contribution >= 4 is 26.0 Å². The summed E-state index contributed by atoms with van der Waals surface area (Å²) in [6.45, 7) is 0.657. The van der Waals surface area contributed by atoms with E-state index in [1.165, 1.54) is 4.31 Å². The molecule has 0 aliphatic carbocycles. The van der Waals surface area contributed by atoms with Gasteiger partial charge in [0.2, 0.25) is 10.0 Å². The average molecular weight is 320 g/mol. The van der Waals surface area contributed by atoms with Crippen LogP contribution >= 0.6 is 15.9 Å². The van der Waals surface area contributed by atoms with Gasteiger partial charge in [-0.1, -0.05) is 12.1 Å². The summed E-state index contributed by atoms with van der Waals surface area (Å²) in [5, 5.41) is 9.54. The molecule has 1 aromatic rings. The van der Waals surface area contributed by atoms with Crippen LogP contribution in [0.4, 0.5) is 0 Å². The van der Waals surface area contributed by atoms with Crippen molar-refractivity contribution in [1.82, 2.24) is 4.31 Å². The van der Waals surface area contributed by atoms with Gasteiger partial charge in [0.1, 0.15) is 0 Å². The number of benzene rings is 1. The van der Waals surface area contributed by atoms with Gasteiger partial charge in [-0.25, -0.2) is 8.42 Å². The zero-order chi connectivity index (χ0) is 12.5. The monoisotopic (exact) mass is 319 g/mol. The van der Waals surface area contributed by atoms with Crippen LogP contribution < -0.4 is 0 Å². The first-order valence-electron chi connectivity index (χ1n) is 5.44. The topological polar surface area (TPSA) is 57.6 Å². The lowest BCUT2D eigenvalue weighted by atomic mass is 10.1. The highest BCUT2D eigenvalue weighted by Crippen LogP contribution is 2.26. The fraction of sp³-hybridized carbons (Fsp3) is 0.455. The van der Waals surface area contributed by atoms with Crippen molar-refractivity contribution in [3.63, 3.8) is 0 Å². The highest BCUT2D eigenvalue weighted by atomic mass is 79.9. The minimum atomic E-state index is -3.50. The number of β-amino-alcohol motifs (C(OH)–C–C–N with tert-alkyl or cyclic N) is 1. The van der Waals surface area contributed by atoms with Crippen LogP contribution in [0.1, 0.15) is 12.8 Å². The lowest BCUT2D eigenvalue weighted by molar-refractivity contribution is 0.108. The van der Waals surface area contributed by atoms with Crippen molar-refractivity contribution in [2.75, 3.05) is 13.1 Å². The summed E-state index contributed by atoms with van der Waals surface area (Å²) in [6.07, 6.45) is 0.813. The Labute approximate surface area is 109 Å². The van der Waals surface area contributed by atoms with Crippen molar-refractivity contribution < 1.29 is 13.5 Å². The molecule has 1 saturated heterocycles. The number of sulfonamides is 1. The molecule has 0 spiro atoms. The van der Waals surface area contributed by atoms with Crippen LogP contribution in [0.3, 0.4) is 0 Å². The predicted octanol–water partition coefficient (Wildman–Crippen LogP) is 1.59. The standard InChI is InChI=1S/C11H14BrNO3S/c12-10-5-1-2-6-11(10)17(15,16)13-7-3-4-9(14)8-13/h1-2,5-6,9,14H,3-4,7-8H2/t9-/m0/s1. The smallest absolute Gasteiger partial charge is 0.244 e. The lowest BCUT2D eigenvalue weighted by Gasteiger charge is -2.29. The zero-order valence-corrected chi connectivity index (χ0v) is 11.6. The molecule has 17 heavy (non-hydrogen) atoms. The normalized spacial score (nSPS) is 22.6. The van der Waals surface area contributed by atoms with Gasteiger partial charge in [-0.3, -0.25) is 0 Å². The maximum atomic E-state index is 12.3. The summed E-state index contributed by atoms with van der Waals surface area (Å²) >= 11 is 3.25. The summed E-state index contributed by atoms with van der Waals surface area (Å²) < 4.78 is 26.6. The summed E-state index contributed by atoms with van der Waals surface area (Å²) in [7, 11) is -3.50. The molecule has 0 radical (unpaired) electrons. The van der Waals surface area contributed by atoms with E-state index in [4.69, 9.17) is 0 Å². The minimum Gasteiger partial charge on any atom is -0.392 e. The SMILES string of the molecule is O=S(=O)(c1ccccc1Br)N1CCC[C@H](O)C1. The molecule has 1 aromatic carbocycles. The Morgan fingerprint density at radius 3 is 2.71 bits per heavy atom. The van der Waals surface area contributed by atoms with Gasteiger partial charge in [-0.2, -0.15) is 4.31 Å². The first-order valence-corrected chi connectivity index (χ1v) is 7.68. The molecule has 4 nitrogen and oxygen atoms in total. The number of hydrogen-bond acceptors (Lipinski definition) is 3. The maximum absolute atomic E-state index is 12.3. The Morgan fingerprint density at radius 2 is 2.06 bits per heavy atom. The van der Waals surface area contributed by atoms with Gasteiger partial charge < -0.3 is 5.11 Å². The van der Waals surface area contributed by atoms with Gasteiger partial charge in [0, 0.05) is 17.6 Å². The second kappa shape index (κ2) is 5.06. The quantitative estimate of drug-likeness (QED) is 0.900. The van der Waals surface area contributed by atoms with Gasteiger partial charge in [-0.05, 0) is 40.9 Å². The molecule has 1 fully saturated rings. The Balaban J connectivity index is 2.33. The first kappa shape index (κ1) is 13.0. The number of aliphatic hydroxyl groups excluding tert-OH is 1. The molecule has 94 valence electrons. The molecule has 1 aliphatic rings. The Hall–Kier alpha value is -0.430. The van der Waals surface area contributed by atoms with Crippen LogP contribution in [0.25, 0.3) is 0 Å². The third kappa shape index (κ3) is 2.70. The van der Waals surface area contributed by atoms with E-state index in [0.717, 1.165) is 0 Å². The second-order valence-electron chi connectivity index (χ2n) is 4.09. The van der Waals surface area contributed by atoms with E-state index < -0.39 is 16.1 Å². The van der Waals surface area contributed by atoms with Crippen molar-refractivity contribution in [2.24, 2.45) is 0 Å². The molecule has 1 N–H and O–H groups in total. The van der Waals surface area contributed by atoms with E-state index >= 15 is 0 Å². The average Bonchev–Trinajstić information content (AvgIpc) is 2.29. The Kier molecular flexibility index (Phi) is 3.87. The molecular formula is C11H14BrNO3S. The number of halogens is 1. The molecule has 0 amide bonds. The van der Waals surface area contributed by atoms with E-state index in [-0.39, 0.29) is 11.4 Å². The van der Waals surface area contributed by atoms with Gasteiger partial charge in [-0.15, -0.1) is 0 Å². The van der Waals surface area contributed by atoms with Gasteiger partial charge in [0.15, 0.2) is 0 Å². The highest BCUT2D eigenvalue weighted by molar-refractivity contribution is 9.10. The number of hydrogen-bond donors (Lipinski definition) is 1. The largest absolute Gasteiger partial charge is 0.392 e. The predicted molar refractivity (Wildman–Crippen MR) is 68.1 cm³/mol. The molecule has 0 bridgehead atoms. The highest BCUT2D eigenvalue weighted by Gasteiger charge is 2.30. The van der Waals surface area contributed by atoms with Crippen LogP contribution in [0, 0.1) is 0 Å². The van der Waals surface area contributed by atoms with E-state index in [1.54, 1.807) is 24.3 Å². The molecule has 0 unspecified atom stereocenters. The third-order valence-electron chi connectivity index (χ3n) is 2.81. The molecule has 1 aliphatic heterocycles. The maximum Gasteiger partial charge on any atom is 0.244 e.